The average Bonchev–Trinajstić information content (AvgIpc) is 2.29. The predicted octanol–water partition coefficient (Wildman–Crippen LogP) is 1.19. The second-order valence-electron chi connectivity index (χ2n) is 3.38. The van der Waals surface area contributed by atoms with Crippen LogP contribution >= 0.6 is 0 Å². The van der Waals surface area contributed by atoms with Gasteiger partial charge < -0.3 is 20.0 Å². The largest absolute Gasteiger partial charge is 0.481 e. The Morgan fingerprint density at radius 1 is 1.65 bits per heavy atom. The van der Waals surface area contributed by atoms with E-state index in [0.29, 0.717) is 18.6 Å². The Kier molecular flexibility index (Phi) is 4.53. The number of carboxylic acid groups (broad SMARTS) is 1. The van der Waals surface area contributed by atoms with Crippen LogP contribution < -0.4 is 0 Å². The summed E-state index contributed by atoms with van der Waals surface area (Å²) in [6.45, 7) is 0.300. The Bertz CT molecular complexity index is 404. The van der Waals surface area contributed by atoms with Gasteiger partial charge in [0.25, 0.3) is 0 Å². The van der Waals surface area contributed by atoms with Gasteiger partial charge in [0.1, 0.15) is 6.20 Å². The number of hydrogen-bond donors (Lipinski definition) is 1. The number of pyridine rings is 1. The molecule has 1 aromatic heterocycles. The van der Waals surface area contributed by atoms with Crippen molar-refractivity contribution in [2.45, 2.75) is 12.3 Å². The highest BCUT2D eigenvalue weighted by atomic mass is 16.6. The molecule has 17 heavy (non-hydrogen) atoms. The molecule has 0 aliphatic heterocycles. The van der Waals surface area contributed by atoms with E-state index in [2.05, 4.69) is 4.98 Å². The number of hydrogen-bond acceptors (Lipinski definition) is 5. The number of methoxy groups -OCH3 is 1. The van der Waals surface area contributed by atoms with Crippen molar-refractivity contribution in [1.82, 2.24) is 4.98 Å². The maximum absolute atomic E-state index is 11.0. The molecule has 7 heteroatoms. The molecule has 1 N–H and O–H groups in total. The van der Waals surface area contributed by atoms with Gasteiger partial charge in [-0.25, -0.2) is 0 Å². The molecule has 0 radical (unpaired) electrons. The Balaban J connectivity index is 2.87. The summed E-state index contributed by atoms with van der Waals surface area (Å²) >= 11 is 0. The number of carbonyl (C=O) groups is 1. The summed E-state index contributed by atoms with van der Waals surface area (Å²) in [6.07, 6.45) is 1.51. The molecule has 1 atom stereocenters. The molecule has 1 rings (SSSR count). The second-order valence-corrected chi connectivity index (χ2v) is 3.38. The fourth-order valence-electron chi connectivity index (χ4n) is 1.38. The third-order valence-electron chi connectivity index (χ3n) is 2.27. The Morgan fingerprint density at radius 3 is 2.76 bits per heavy atom. The third kappa shape index (κ3) is 3.49. The molecule has 1 heterocycles. The minimum Gasteiger partial charge on any atom is -0.481 e. The number of ether oxygens (including phenoxy) is 1. The second kappa shape index (κ2) is 5.90. The van der Waals surface area contributed by atoms with Crippen LogP contribution in [0.15, 0.2) is 18.3 Å². The number of aliphatic carboxylic acids is 1. The number of carboxylic acids is 1. The van der Waals surface area contributed by atoms with Crippen molar-refractivity contribution in [3.05, 3.63) is 34.0 Å². The number of aromatic nitrogens is 1. The molecule has 0 aliphatic rings. The van der Waals surface area contributed by atoms with Gasteiger partial charge in [-0.2, -0.15) is 0 Å². The van der Waals surface area contributed by atoms with Crippen molar-refractivity contribution in [2.24, 2.45) is 0 Å². The SMILES string of the molecule is COCCC(C(=O)O)c1ccc([N+](=O)[O-])nc1. The van der Waals surface area contributed by atoms with Crippen LogP contribution in [0.4, 0.5) is 5.82 Å². The van der Waals surface area contributed by atoms with E-state index >= 15 is 0 Å². The maximum atomic E-state index is 11.0. The molecule has 1 unspecified atom stereocenters. The van der Waals surface area contributed by atoms with E-state index in [4.69, 9.17) is 9.84 Å². The first kappa shape index (κ1) is 13.0. The first-order chi connectivity index (χ1) is 8.06. The summed E-state index contributed by atoms with van der Waals surface area (Å²) in [5, 5.41) is 19.4. The number of rotatable bonds is 6. The molecule has 0 spiro atoms. The predicted molar refractivity (Wildman–Crippen MR) is 57.8 cm³/mol. The Morgan fingerprint density at radius 2 is 2.35 bits per heavy atom. The minimum atomic E-state index is -1.00. The van der Waals surface area contributed by atoms with Crippen molar-refractivity contribution in [1.29, 1.82) is 0 Å². The molecule has 1 aromatic rings. The van der Waals surface area contributed by atoms with Crippen LogP contribution in [-0.2, 0) is 9.53 Å². The van der Waals surface area contributed by atoms with Crippen LogP contribution in [0.5, 0.6) is 0 Å². The highest BCUT2D eigenvalue weighted by Crippen LogP contribution is 2.20. The molecule has 92 valence electrons. The molecule has 7 nitrogen and oxygen atoms in total. The van der Waals surface area contributed by atoms with E-state index < -0.39 is 16.8 Å². The van der Waals surface area contributed by atoms with Gasteiger partial charge in [-0.3, -0.25) is 4.79 Å². The van der Waals surface area contributed by atoms with Crippen molar-refractivity contribution >= 4 is 11.8 Å². The summed E-state index contributed by atoms with van der Waals surface area (Å²) in [5.74, 6) is -2.06. The van der Waals surface area contributed by atoms with Gasteiger partial charge in [-0.1, -0.05) is 0 Å². The normalized spacial score (nSPS) is 12.1. The van der Waals surface area contributed by atoms with E-state index in [9.17, 15) is 14.9 Å². The zero-order chi connectivity index (χ0) is 12.8. The maximum Gasteiger partial charge on any atom is 0.363 e. The molecule has 0 bridgehead atoms. The Hall–Kier alpha value is -2.02. The van der Waals surface area contributed by atoms with Crippen LogP contribution in [0.1, 0.15) is 17.9 Å². The van der Waals surface area contributed by atoms with Gasteiger partial charge in [0.05, 0.1) is 5.92 Å². The molecular formula is C10H12N2O5. The van der Waals surface area contributed by atoms with Crippen molar-refractivity contribution in [2.75, 3.05) is 13.7 Å². The highest BCUT2D eigenvalue weighted by Gasteiger charge is 2.21. The lowest BCUT2D eigenvalue weighted by molar-refractivity contribution is -0.389. The van der Waals surface area contributed by atoms with E-state index in [0.717, 1.165) is 0 Å². The molecule has 0 saturated carbocycles. The smallest absolute Gasteiger partial charge is 0.363 e. The summed E-state index contributed by atoms with van der Waals surface area (Å²) < 4.78 is 4.81. The quantitative estimate of drug-likeness (QED) is 0.591. The molecule has 0 aromatic carbocycles. The van der Waals surface area contributed by atoms with Gasteiger partial charge in [-0.05, 0) is 22.4 Å². The third-order valence-corrected chi connectivity index (χ3v) is 2.27. The number of nitro groups is 1. The fourth-order valence-corrected chi connectivity index (χ4v) is 1.38. The van der Waals surface area contributed by atoms with Gasteiger partial charge in [-0.15, -0.1) is 0 Å². The topological polar surface area (TPSA) is 103 Å². The van der Waals surface area contributed by atoms with Gasteiger partial charge in [0.2, 0.25) is 0 Å². The minimum absolute atomic E-state index is 0.297. The average molecular weight is 240 g/mol. The van der Waals surface area contributed by atoms with Crippen LogP contribution in [0, 0.1) is 10.1 Å². The molecule has 0 saturated heterocycles. The van der Waals surface area contributed by atoms with Gasteiger partial charge in [0, 0.05) is 25.3 Å². The van der Waals surface area contributed by atoms with Crippen molar-refractivity contribution in [3.63, 3.8) is 0 Å². The van der Waals surface area contributed by atoms with Crippen LogP contribution in [0.2, 0.25) is 0 Å². The highest BCUT2D eigenvalue weighted by molar-refractivity contribution is 5.75. The van der Waals surface area contributed by atoms with E-state index in [1.165, 1.54) is 25.4 Å². The zero-order valence-corrected chi connectivity index (χ0v) is 9.20. The van der Waals surface area contributed by atoms with Gasteiger partial charge in [0.15, 0.2) is 0 Å². The summed E-state index contributed by atoms with van der Waals surface area (Å²) in [7, 11) is 1.48. The molecular weight excluding hydrogens is 228 g/mol. The molecule has 0 fully saturated rings. The van der Waals surface area contributed by atoms with E-state index in [1.807, 2.05) is 0 Å². The molecule has 0 aliphatic carbocycles. The van der Waals surface area contributed by atoms with Crippen LogP contribution in [0.25, 0.3) is 0 Å². The Labute approximate surface area is 97.2 Å². The van der Waals surface area contributed by atoms with E-state index in [1.54, 1.807) is 0 Å². The lowest BCUT2D eigenvalue weighted by Gasteiger charge is -2.10. The standard InChI is InChI=1S/C10H12N2O5/c1-17-5-4-8(10(13)14)7-2-3-9(11-6-7)12(15)16/h2-3,6,8H,4-5H2,1H3,(H,13,14). The summed E-state index contributed by atoms with van der Waals surface area (Å²) in [4.78, 5) is 24.4. The zero-order valence-electron chi connectivity index (χ0n) is 9.20. The molecule has 0 amide bonds. The van der Waals surface area contributed by atoms with E-state index in [-0.39, 0.29) is 5.82 Å². The summed E-state index contributed by atoms with van der Waals surface area (Å²) in [5.41, 5.74) is 0.431. The van der Waals surface area contributed by atoms with Crippen LogP contribution in [-0.4, -0.2) is 34.7 Å². The lowest BCUT2D eigenvalue weighted by Crippen LogP contribution is -2.14. The number of nitrogens with zero attached hydrogens (tertiary/aromatic N) is 2. The van der Waals surface area contributed by atoms with Crippen LogP contribution in [0.3, 0.4) is 0 Å². The lowest BCUT2D eigenvalue weighted by atomic mass is 9.98. The first-order valence-electron chi connectivity index (χ1n) is 4.88. The summed E-state index contributed by atoms with van der Waals surface area (Å²) in [6, 6.07) is 2.59. The van der Waals surface area contributed by atoms with Crippen molar-refractivity contribution < 1.29 is 19.6 Å². The monoisotopic (exact) mass is 240 g/mol. The first-order valence-corrected chi connectivity index (χ1v) is 4.88. The van der Waals surface area contributed by atoms with Crippen molar-refractivity contribution in [3.8, 4) is 0 Å². The fraction of sp³-hybridized carbons (Fsp3) is 0.400. The van der Waals surface area contributed by atoms with Gasteiger partial charge >= 0.3 is 11.8 Å².